The molecule has 0 saturated heterocycles. The molecule has 0 aromatic heterocycles. The van der Waals surface area contributed by atoms with Gasteiger partial charge in [0, 0.05) is 0 Å². The largest absolute Gasteiger partial charge is 0.460 e. The molecule has 0 aromatic rings. The van der Waals surface area contributed by atoms with Gasteiger partial charge in [-0.05, 0) is 19.9 Å². The number of hydrogen-bond acceptors (Lipinski definition) is 1. The van der Waals surface area contributed by atoms with Crippen LogP contribution in [0, 0.1) is 0 Å². The maximum atomic E-state index is 14.4. The Morgan fingerprint density at radius 1 is 0.455 bits per heavy atom. The van der Waals surface area contributed by atoms with Crippen molar-refractivity contribution in [3.8, 4) is 0 Å². The van der Waals surface area contributed by atoms with E-state index in [2.05, 4.69) is 4.74 Å². The van der Waals surface area contributed by atoms with Gasteiger partial charge < -0.3 is 4.74 Å². The third-order valence-corrected chi connectivity index (χ3v) is 4.37. The van der Waals surface area contributed by atoms with Crippen LogP contribution in [0.4, 0.5) is 79.0 Å². The van der Waals surface area contributed by atoms with E-state index in [0.29, 0.717) is 0 Å². The van der Waals surface area contributed by atoms with Crippen LogP contribution >= 0.6 is 0 Å². The molecule has 196 valence electrons. The third-order valence-electron chi connectivity index (χ3n) is 4.37. The van der Waals surface area contributed by atoms with E-state index in [9.17, 15) is 79.0 Å². The fourth-order valence-corrected chi connectivity index (χ4v) is 2.55. The lowest BCUT2D eigenvalue weighted by molar-refractivity contribution is -0.462. The van der Waals surface area contributed by atoms with Crippen molar-refractivity contribution in [3.05, 3.63) is 12.2 Å². The molecule has 0 aliphatic carbocycles. The maximum absolute atomic E-state index is 14.4. The Kier molecular flexibility index (Phi) is 6.24. The highest BCUT2D eigenvalue weighted by molar-refractivity contribution is 5.32. The zero-order valence-electron chi connectivity index (χ0n) is 15.4. The van der Waals surface area contributed by atoms with Gasteiger partial charge in [-0.3, -0.25) is 0 Å². The van der Waals surface area contributed by atoms with Gasteiger partial charge in [0.15, 0.2) is 0 Å². The van der Waals surface area contributed by atoms with Crippen LogP contribution < -0.4 is 0 Å². The van der Waals surface area contributed by atoms with E-state index in [1.54, 1.807) is 0 Å². The first-order chi connectivity index (χ1) is 13.9. The van der Waals surface area contributed by atoms with Crippen LogP contribution in [0.25, 0.3) is 0 Å². The van der Waals surface area contributed by atoms with Crippen molar-refractivity contribution in [2.24, 2.45) is 0 Å². The lowest BCUT2D eigenvalue weighted by Crippen LogP contribution is -2.78. The van der Waals surface area contributed by atoms with Gasteiger partial charge in [-0.1, -0.05) is 6.08 Å². The smallest absolute Gasteiger partial charge is 0.348 e. The maximum Gasteiger partial charge on any atom is 0.460 e. The van der Waals surface area contributed by atoms with Crippen LogP contribution in [-0.2, 0) is 4.74 Å². The predicted octanol–water partition coefficient (Wildman–Crippen LogP) is 7.03. The van der Waals surface area contributed by atoms with E-state index in [-0.39, 0.29) is 19.9 Å². The second-order valence-corrected chi connectivity index (χ2v) is 7.22. The normalized spacial score (nSPS) is 21.0. The molecule has 1 rings (SSSR count). The lowest BCUT2D eigenvalue weighted by atomic mass is 9.78. The van der Waals surface area contributed by atoms with Crippen molar-refractivity contribution < 1.29 is 83.8 Å². The summed E-state index contributed by atoms with van der Waals surface area (Å²) < 4.78 is 242. The van der Waals surface area contributed by atoms with E-state index in [4.69, 9.17) is 0 Å². The number of hydrogen-bond donors (Lipinski definition) is 0. The Balaban J connectivity index is 4.04. The highest BCUT2D eigenvalue weighted by Crippen LogP contribution is 2.66. The molecule has 0 spiro atoms. The van der Waals surface area contributed by atoms with Crippen LogP contribution in [0.5, 0.6) is 0 Å². The van der Waals surface area contributed by atoms with Crippen molar-refractivity contribution in [1.29, 1.82) is 0 Å². The summed E-state index contributed by atoms with van der Waals surface area (Å²) in [4.78, 5) is 0. The highest BCUT2D eigenvalue weighted by Gasteiger charge is 2.95. The lowest BCUT2D eigenvalue weighted by Gasteiger charge is -2.49. The quantitative estimate of drug-likeness (QED) is 0.263. The van der Waals surface area contributed by atoms with Gasteiger partial charge in [0.05, 0.1) is 5.60 Å². The van der Waals surface area contributed by atoms with Gasteiger partial charge in [-0.2, -0.15) is 79.0 Å². The molecule has 0 aromatic carbocycles. The zero-order valence-corrected chi connectivity index (χ0v) is 15.4. The van der Waals surface area contributed by atoms with Crippen LogP contribution in [0.3, 0.4) is 0 Å². The molecule has 33 heavy (non-hydrogen) atoms. The molecule has 0 radical (unpaired) electrons. The molecule has 1 heterocycles. The summed E-state index contributed by atoms with van der Waals surface area (Å²) >= 11 is 0. The number of alkyl halides is 18. The SMILES string of the molecule is CC1(C)C=CC(C(F)(F)C(F)(F)C(F)(F)C(F)(F)F)(C(F)(F)C(F)(F)C(F)(F)C(F)(F)F)O1. The summed E-state index contributed by atoms with van der Waals surface area (Å²) in [5.41, 5.74) is -9.54. The third kappa shape index (κ3) is 3.54. The molecule has 1 aliphatic rings. The number of rotatable bonds is 6. The summed E-state index contributed by atoms with van der Waals surface area (Å²) in [5, 5.41) is 0. The van der Waals surface area contributed by atoms with Gasteiger partial charge in [-0.15, -0.1) is 0 Å². The van der Waals surface area contributed by atoms with Crippen molar-refractivity contribution in [1.82, 2.24) is 0 Å². The molecule has 0 N–H and O–H groups in total. The average molecular weight is 534 g/mol. The molecule has 1 aliphatic heterocycles. The van der Waals surface area contributed by atoms with E-state index in [1.165, 1.54) is 0 Å². The number of halogens is 18. The van der Waals surface area contributed by atoms with E-state index < -0.39 is 65.2 Å². The molecule has 0 bridgehead atoms. The molecule has 0 amide bonds. The van der Waals surface area contributed by atoms with Crippen LogP contribution in [0.15, 0.2) is 12.2 Å². The van der Waals surface area contributed by atoms with Gasteiger partial charge in [0.1, 0.15) is 0 Å². The van der Waals surface area contributed by atoms with Crippen LogP contribution in [0.1, 0.15) is 13.8 Å². The Morgan fingerprint density at radius 3 is 0.909 bits per heavy atom. The molecule has 1 nitrogen and oxygen atoms in total. The monoisotopic (exact) mass is 534 g/mol. The fraction of sp³-hybridized carbons (Fsp3) is 0.857. The minimum absolute atomic E-state index is 0.248. The molecule has 0 fully saturated rings. The van der Waals surface area contributed by atoms with Gasteiger partial charge in [0.25, 0.3) is 0 Å². The summed E-state index contributed by atoms with van der Waals surface area (Å²) in [6, 6.07) is 0. The average Bonchev–Trinajstić information content (AvgIpc) is 2.89. The first-order valence-corrected chi connectivity index (χ1v) is 7.72. The second-order valence-electron chi connectivity index (χ2n) is 7.22. The summed E-state index contributed by atoms with van der Waals surface area (Å²) in [7, 11) is 0. The number of ether oxygens (including phenoxy) is 1. The van der Waals surface area contributed by atoms with E-state index in [1.807, 2.05) is 0 Å². The molecular formula is C14H8F18O. The first kappa shape index (κ1) is 29.5. The van der Waals surface area contributed by atoms with Crippen molar-refractivity contribution >= 4 is 0 Å². The summed E-state index contributed by atoms with van der Waals surface area (Å²) in [6.07, 6.45) is -17.1. The predicted molar refractivity (Wildman–Crippen MR) is 68.8 cm³/mol. The Morgan fingerprint density at radius 2 is 0.727 bits per heavy atom. The summed E-state index contributed by atoms with van der Waals surface area (Å²) in [6.45, 7) is 0.495. The molecule has 0 saturated carbocycles. The minimum Gasteiger partial charge on any atom is -0.348 e. The van der Waals surface area contributed by atoms with Gasteiger partial charge in [0.2, 0.25) is 5.60 Å². The molecular weight excluding hydrogens is 526 g/mol. The highest BCUT2D eigenvalue weighted by atomic mass is 19.4. The van der Waals surface area contributed by atoms with Crippen LogP contribution in [0.2, 0.25) is 0 Å². The van der Waals surface area contributed by atoms with Gasteiger partial charge in [-0.25, -0.2) is 0 Å². The van der Waals surface area contributed by atoms with Crippen molar-refractivity contribution in [2.45, 2.75) is 72.9 Å². The molecule has 19 heteroatoms. The van der Waals surface area contributed by atoms with E-state index >= 15 is 0 Å². The van der Waals surface area contributed by atoms with Crippen molar-refractivity contribution in [2.75, 3.05) is 0 Å². The first-order valence-electron chi connectivity index (χ1n) is 7.72. The Bertz CT molecular complexity index is 733. The zero-order chi connectivity index (χ0) is 27.1. The fourth-order valence-electron chi connectivity index (χ4n) is 2.55. The molecule has 0 unspecified atom stereocenters. The summed E-state index contributed by atoms with van der Waals surface area (Å²) in [5.74, 6) is -48.1. The minimum atomic E-state index is -8.16. The Hall–Kier alpha value is -1.56. The second kappa shape index (κ2) is 6.99. The molecule has 0 atom stereocenters. The van der Waals surface area contributed by atoms with E-state index in [0.717, 1.165) is 0 Å². The van der Waals surface area contributed by atoms with Crippen molar-refractivity contribution in [3.63, 3.8) is 0 Å². The Labute approximate surface area is 170 Å². The van der Waals surface area contributed by atoms with Gasteiger partial charge >= 0.3 is 47.9 Å². The van der Waals surface area contributed by atoms with Crippen LogP contribution in [-0.4, -0.2) is 59.1 Å². The standard InChI is InChI=1S/C14H8F18O/c1-5(2)3-4-6(33-5,7(15,16)9(19,20)11(23,24)13(27,28)29)8(17,18)10(21,22)12(25,26)14(30,31)32/h3-4H,1-2H3. The topological polar surface area (TPSA) is 9.23 Å².